The van der Waals surface area contributed by atoms with E-state index in [1.807, 2.05) is 0 Å². The van der Waals surface area contributed by atoms with E-state index in [4.69, 9.17) is 4.74 Å². The Morgan fingerprint density at radius 2 is 2.05 bits per heavy atom. The van der Waals surface area contributed by atoms with Crippen molar-refractivity contribution in [2.24, 2.45) is 0 Å². The quantitative estimate of drug-likeness (QED) is 0.515. The molecule has 0 aliphatic carbocycles. The Labute approximate surface area is 116 Å². The Hall–Kier alpha value is -2.37. The number of fused-ring (bicyclic) bond motifs is 1. The normalized spacial score (nSPS) is 15.7. The van der Waals surface area contributed by atoms with E-state index < -0.39 is 17.4 Å². The van der Waals surface area contributed by atoms with Crippen molar-refractivity contribution in [3.63, 3.8) is 0 Å². The first-order valence-corrected chi connectivity index (χ1v) is 6.21. The third-order valence-electron chi connectivity index (χ3n) is 2.86. The molecule has 2 rings (SSSR count). The van der Waals surface area contributed by atoms with Gasteiger partial charge in [0.2, 0.25) is 0 Å². The molecule has 20 heavy (non-hydrogen) atoms. The predicted molar refractivity (Wildman–Crippen MR) is 70.7 cm³/mol. The van der Waals surface area contributed by atoms with Crippen LogP contribution >= 0.6 is 0 Å². The lowest BCUT2D eigenvalue weighted by Gasteiger charge is -2.31. The number of anilines is 1. The van der Waals surface area contributed by atoms with Gasteiger partial charge < -0.3 is 14.8 Å². The van der Waals surface area contributed by atoms with Crippen LogP contribution in [0.2, 0.25) is 0 Å². The molecule has 6 nitrogen and oxygen atoms in total. The fourth-order valence-corrected chi connectivity index (χ4v) is 1.77. The van der Waals surface area contributed by atoms with Crippen LogP contribution in [-0.2, 0) is 14.3 Å². The third kappa shape index (κ3) is 2.49. The van der Waals surface area contributed by atoms with Crippen LogP contribution in [0.1, 0.15) is 31.1 Å². The van der Waals surface area contributed by atoms with E-state index in [2.05, 4.69) is 10.1 Å². The molecule has 1 N–H and O–H groups in total. The number of hydrogen-bond acceptors (Lipinski definition) is 5. The van der Waals surface area contributed by atoms with Gasteiger partial charge in [-0.05, 0) is 39.0 Å². The van der Waals surface area contributed by atoms with E-state index in [1.165, 1.54) is 12.1 Å². The molecule has 0 spiro atoms. The predicted octanol–water partition coefficient (Wildman–Crippen LogP) is 1.54. The summed E-state index contributed by atoms with van der Waals surface area (Å²) in [5, 5.41) is 2.65. The van der Waals surface area contributed by atoms with Crippen LogP contribution in [0, 0.1) is 0 Å². The highest BCUT2D eigenvalue weighted by Gasteiger charge is 2.35. The van der Waals surface area contributed by atoms with E-state index >= 15 is 0 Å². The van der Waals surface area contributed by atoms with Crippen LogP contribution in [0.15, 0.2) is 18.2 Å². The molecule has 1 aliphatic rings. The van der Waals surface area contributed by atoms with Crippen LogP contribution in [0.4, 0.5) is 5.69 Å². The highest BCUT2D eigenvalue weighted by atomic mass is 16.5. The molecule has 0 bridgehead atoms. The molecule has 1 heterocycles. The maximum atomic E-state index is 11.8. The standard InChI is InChI=1S/C14H15NO5/c1-4-19-12(17)11(16)8-5-6-10-9(7-8)15-13(18)14(2,3)20-10/h5-7H,4H2,1-3H3,(H,15,18). The molecule has 0 saturated heterocycles. The zero-order valence-corrected chi connectivity index (χ0v) is 11.5. The van der Waals surface area contributed by atoms with Crippen LogP contribution in [0.25, 0.3) is 0 Å². The van der Waals surface area contributed by atoms with Gasteiger partial charge in [0.1, 0.15) is 5.75 Å². The van der Waals surface area contributed by atoms with Crippen molar-refractivity contribution in [3.05, 3.63) is 23.8 Å². The van der Waals surface area contributed by atoms with Crippen LogP contribution in [0.5, 0.6) is 5.75 Å². The summed E-state index contributed by atoms with van der Waals surface area (Å²) >= 11 is 0. The van der Waals surface area contributed by atoms with E-state index in [-0.39, 0.29) is 18.1 Å². The summed E-state index contributed by atoms with van der Waals surface area (Å²) in [4.78, 5) is 35.0. The summed E-state index contributed by atoms with van der Waals surface area (Å²) in [7, 11) is 0. The summed E-state index contributed by atoms with van der Waals surface area (Å²) in [5.74, 6) is -1.54. The number of ketones is 1. The number of amides is 1. The molecule has 0 aromatic heterocycles. The zero-order chi connectivity index (χ0) is 14.9. The smallest absolute Gasteiger partial charge is 0.379 e. The highest BCUT2D eigenvalue weighted by molar-refractivity contribution is 6.40. The summed E-state index contributed by atoms with van der Waals surface area (Å²) in [6.07, 6.45) is 0. The molecular weight excluding hydrogens is 262 g/mol. The van der Waals surface area contributed by atoms with E-state index in [0.29, 0.717) is 11.4 Å². The van der Waals surface area contributed by atoms with Gasteiger partial charge in [-0.1, -0.05) is 0 Å². The van der Waals surface area contributed by atoms with Gasteiger partial charge in [0, 0.05) is 5.56 Å². The van der Waals surface area contributed by atoms with Crippen molar-refractivity contribution < 1.29 is 23.9 Å². The van der Waals surface area contributed by atoms with Crippen LogP contribution in [-0.4, -0.2) is 29.9 Å². The topological polar surface area (TPSA) is 81.7 Å². The van der Waals surface area contributed by atoms with Crippen molar-refractivity contribution in [1.29, 1.82) is 0 Å². The maximum absolute atomic E-state index is 11.8. The minimum atomic E-state index is -0.973. The number of carbonyl (C=O) groups is 3. The van der Waals surface area contributed by atoms with Gasteiger partial charge in [-0.3, -0.25) is 9.59 Å². The Morgan fingerprint density at radius 1 is 1.35 bits per heavy atom. The highest BCUT2D eigenvalue weighted by Crippen LogP contribution is 2.34. The van der Waals surface area contributed by atoms with Crippen LogP contribution in [0.3, 0.4) is 0 Å². The molecule has 106 valence electrons. The Balaban J connectivity index is 2.30. The van der Waals surface area contributed by atoms with Gasteiger partial charge in [-0.25, -0.2) is 4.79 Å². The second kappa shape index (κ2) is 4.96. The van der Waals surface area contributed by atoms with Crippen molar-refractivity contribution in [1.82, 2.24) is 0 Å². The number of ether oxygens (including phenoxy) is 2. The summed E-state index contributed by atoms with van der Waals surface area (Å²) < 4.78 is 10.2. The molecule has 1 aromatic rings. The lowest BCUT2D eigenvalue weighted by atomic mass is 10.0. The average Bonchev–Trinajstić information content (AvgIpc) is 2.38. The number of nitrogens with one attached hydrogen (secondary N) is 1. The number of hydrogen-bond donors (Lipinski definition) is 1. The van der Waals surface area contributed by atoms with Crippen molar-refractivity contribution in [2.45, 2.75) is 26.4 Å². The molecule has 0 radical (unpaired) electrons. The average molecular weight is 277 g/mol. The largest absolute Gasteiger partial charge is 0.476 e. The minimum Gasteiger partial charge on any atom is -0.476 e. The molecule has 1 aliphatic heterocycles. The van der Waals surface area contributed by atoms with Crippen molar-refractivity contribution >= 4 is 23.3 Å². The second-order valence-electron chi connectivity index (χ2n) is 4.83. The summed E-state index contributed by atoms with van der Waals surface area (Å²) in [5.41, 5.74) is -0.463. The first-order chi connectivity index (χ1) is 9.35. The molecule has 0 atom stereocenters. The third-order valence-corrected chi connectivity index (χ3v) is 2.86. The van der Waals surface area contributed by atoms with Crippen LogP contribution < -0.4 is 10.1 Å². The lowest BCUT2D eigenvalue weighted by molar-refractivity contribution is -0.137. The monoisotopic (exact) mass is 277 g/mol. The zero-order valence-electron chi connectivity index (χ0n) is 11.5. The number of carbonyl (C=O) groups excluding carboxylic acids is 3. The Kier molecular flexibility index (Phi) is 3.48. The first-order valence-electron chi connectivity index (χ1n) is 6.21. The van der Waals surface area contributed by atoms with Gasteiger partial charge in [0.25, 0.3) is 11.7 Å². The van der Waals surface area contributed by atoms with E-state index in [9.17, 15) is 14.4 Å². The molecule has 0 saturated carbocycles. The fraction of sp³-hybridized carbons (Fsp3) is 0.357. The van der Waals surface area contributed by atoms with Gasteiger partial charge >= 0.3 is 5.97 Å². The van der Waals surface area contributed by atoms with Gasteiger partial charge in [0.15, 0.2) is 5.60 Å². The number of benzene rings is 1. The number of rotatable bonds is 3. The fourth-order valence-electron chi connectivity index (χ4n) is 1.77. The number of Topliss-reactive ketones (excluding diaryl/α,β-unsaturated/α-hetero) is 1. The summed E-state index contributed by atoms with van der Waals surface area (Å²) in [6, 6.07) is 4.41. The van der Waals surface area contributed by atoms with Gasteiger partial charge in [-0.2, -0.15) is 0 Å². The minimum absolute atomic E-state index is 0.129. The molecular formula is C14H15NO5. The molecule has 1 aromatic carbocycles. The first kappa shape index (κ1) is 14.0. The van der Waals surface area contributed by atoms with Gasteiger partial charge in [0.05, 0.1) is 12.3 Å². The molecule has 0 fully saturated rings. The second-order valence-corrected chi connectivity index (χ2v) is 4.83. The SMILES string of the molecule is CCOC(=O)C(=O)c1ccc2c(c1)NC(=O)C(C)(C)O2. The number of esters is 1. The van der Waals surface area contributed by atoms with E-state index in [0.717, 1.165) is 0 Å². The molecule has 1 amide bonds. The van der Waals surface area contributed by atoms with Crippen molar-refractivity contribution in [3.8, 4) is 5.75 Å². The maximum Gasteiger partial charge on any atom is 0.379 e. The Bertz CT molecular complexity index is 591. The van der Waals surface area contributed by atoms with Crippen molar-refractivity contribution in [2.75, 3.05) is 11.9 Å². The van der Waals surface area contributed by atoms with E-state index in [1.54, 1.807) is 26.8 Å². The molecule has 6 heteroatoms. The molecule has 0 unspecified atom stereocenters. The Morgan fingerprint density at radius 3 is 2.70 bits per heavy atom. The summed E-state index contributed by atoms with van der Waals surface area (Å²) in [6.45, 7) is 5.03. The lowest BCUT2D eigenvalue weighted by Crippen LogP contribution is -2.45. The van der Waals surface area contributed by atoms with Gasteiger partial charge in [-0.15, -0.1) is 0 Å².